The van der Waals surface area contributed by atoms with Gasteiger partial charge in [0.15, 0.2) is 0 Å². The van der Waals surface area contributed by atoms with Gasteiger partial charge in [-0.3, -0.25) is 0 Å². The maximum atomic E-state index is 13.5. The third-order valence-corrected chi connectivity index (χ3v) is 16.8. The second-order valence-corrected chi connectivity index (χ2v) is 16.6. The van der Waals surface area contributed by atoms with Gasteiger partial charge in [0.1, 0.15) is 0 Å². The van der Waals surface area contributed by atoms with Crippen LogP contribution in [-0.2, 0) is 0 Å². The topological polar surface area (TPSA) is 15.3 Å². The molecule has 0 aromatic heterocycles. The molecule has 0 amide bonds. The van der Waals surface area contributed by atoms with Crippen LogP contribution in [0.25, 0.3) is 0 Å². The molecule has 3 aliphatic carbocycles. The summed E-state index contributed by atoms with van der Waals surface area (Å²) in [6, 6.07) is 0. The molecule has 0 spiro atoms. The molecule has 3 aliphatic rings. The number of hydrogen-bond acceptors (Lipinski definition) is 3. The first-order valence-electron chi connectivity index (χ1n) is 13.6. The number of nitrogens with zero attached hydrogens (tertiary/aromatic N) is 1. The molecular formula is C25H48F3N2PS. The Labute approximate surface area is 200 Å². The average molecular weight is 497 g/mol. The van der Waals surface area contributed by atoms with E-state index in [4.69, 9.17) is 0 Å². The second kappa shape index (κ2) is 12.0. The van der Waals surface area contributed by atoms with Crippen LogP contribution in [-0.4, -0.2) is 39.5 Å². The predicted molar refractivity (Wildman–Crippen MR) is 137 cm³/mol. The van der Waals surface area contributed by atoms with Crippen LogP contribution in [0.5, 0.6) is 0 Å². The van der Waals surface area contributed by atoms with Gasteiger partial charge in [0.25, 0.3) is 0 Å². The van der Waals surface area contributed by atoms with Crippen molar-refractivity contribution in [3.05, 3.63) is 0 Å². The van der Waals surface area contributed by atoms with E-state index in [1.807, 2.05) is 0 Å². The first kappa shape index (κ1) is 27.1. The summed E-state index contributed by atoms with van der Waals surface area (Å²) in [6.07, 6.45) is 21.3. The van der Waals surface area contributed by atoms with Crippen LogP contribution in [0.2, 0.25) is 0 Å². The zero-order valence-electron chi connectivity index (χ0n) is 20.7. The zero-order chi connectivity index (χ0) is 23.2. The Morgan fingerprint density at radius 2 is 1.06 bits per heavy atom. The van der Waals surface area contributed by atoms with E-state index in [1.54, 1.807) is 11.4 Å². The molecule has 3 saturated carbocycles. The molecule has 190 valence electrons. The summed E-state index contributed by atoms with van der Waals surface area (Å²) in [4.78, 5) is 0. The number of rotatable bonds is 9. The molecular weight excluding hydrogens is 448 g/mol. The average Bonchev–Trinajstić information content (AvgIpc) is 2.81. The van der Waals surface area contributed by atoms with Crippen molar-refractivity contribution >= 4 is 19.4 Å². The van der Waals surface area contributed by atoms with Gasteiger partial charge in [0, 0.05) is 0 Å². The third-order valence-electron chi connectivity index (χ3n) is 9.30. The van der Waals surface area contributed by atoms with Crippen molar-refractivity contribution in [2.45, 2.75) is 151 Å². The number of nitrogens with one attached hydrogen (secondary N) is 1. The fourth-order valence-electron chi connectivity index (χ4n) is 7.64. The molecule has 0 atom stereocenters. The van der Waals surface area contributed by atoms with Gasteiger partial charge in [-0.25, -0.2) is 0 Å². The van der Waals surface area contributed by atoms with E-state index >= 15 is 0 Å². The van der Waals surface area contributed by atoms with Gasteiger partial charge in [-0.2, -0.15) is 0 Å². The van der Waals surface area contributed by atoms with Gasteiger partial charge in [-0.05, 0) is 0 Å². The van der Waals surface area contributed by atoms with Gasteiger partial charge in [-0.1, -0.05) is 0 Å². The van der Waals surface area contributed by atoms with Crippen molar-refractivity contribution < 1.29 is 13.2 Å². The van der Waals surface area contributed by atoms with E-state index in [0.29, 0.717) is 0 Å². The Morgan fingerprint density at radius 1 is 0.719 bits per heavy atom. The Bertz CT molecular complexity index is 506. The molecule has 3 rings (SSSR count). The summed E-state index contributed by atoms with van der Waals surface area (Å²) in [6.45, 7) is 4.21. The van der Waals surface area contributed by atoms with Crippen molar-refractivity contribution in [3.63, 3.8) is 0 Å². The van der Waals surface area contributed by atoms with Gasteiger partial charge >= 0.3 is 200 Å². The monoisotopic (exact) mass is 496 g/mol. The Morgan fingerprint density at radius 3 is 1.34 bits per heavy atom. The Kier molecular flexibility index (Phi) is 10.1. The van der Waals surface area contributed by atoms with E-state index in [9.17, 15) is 13.2 Å². The summed E-state index contributed by atoms with van der Waals surface area (Å²) in [5.74, 6) is 0. The van der Waals surface area contributed by atoms with E-state index < -0.39 is 18.6 Å². The SMILES string of the molecule is CCC(CC)(N[PH](C1CCCCC1)(C1CCCCC1)C1CCCCC1)N(C)SC(F)(F)F. The number of halogens is 3. The van der Waals surface area contributed by atoms with Crippen molar-refractivity contribution in [3.8, 4) is 0 Å². The third kappa shape index (κ3) is 6.18. The molecule has 0 aromatic rings. The van der Waals surface area contributed by atoms with Crippen LogP contribution < -0.4 is 5.09 Å². The minimum atomic E-state index is -4.24. The van der Waals surface area contributed by atoms with Crippen LogP contribution in [0.15, 0.2) is 0 Å². The Hall–Kier alpha value is 0.490. The first-order valence-corrected chi connectivity index (χ1v) is 16.6. The summed E-state index contributed by atoms with van der Waals surface area (Å²) < 4.78 is 42.1. The van der Waals surface area contributed by atoms with E-state index in [-0.39, 0.29) is 11.9 Å². The molecule has 0 bridgehead atoms. The Balaban J connectivity index is 2.05. The maximum absolute atomic E-state index is 13.5. The molecule has 1 N–H and O–H groups in total. The quantitative estimate of drug-likeness (QED) is 0.195. The molecule has 0 radical (unpaired) electrons. The molecule has 7 heteroatoms. The molecule has 0 heterocycles. The summed E-state index contributed by atoms with van der Waals surface area (Å²) in [5.41, 5.74) is -2.59. The normalized spacial score (nSPS) is 24.2. The number of alkyl halides is 3. The molecule has 0 saturated heterocycles. The van der Waals surface area contributed by atoms with Crippen molar-refractivity contribution in [1.29, 1.82) is 0 Å². The minimum absolute atomic E-state index is 0.0865. The first-order chi connectivity index (χ1) is 15.3. The standard InChI is InChI=1S/C25H48F3N2PS/c1-4-24(5-2,30(3)32-25(26,27)28)29-31(21-15-9-6-10-16-21,22-17-11-7-12-18-22)23-19-13-8-14-20-23/h21-23,29,31H,4-20H2,1-3H3. The molecule has 0 unspecified atom stereocenters. The fourth-order valence-corrected chi connectivity index (χ4v) is 16.5. The number of hydrogen-bond donors (Lipinski definition) is 1. The molecule has 3 fully saturated rings. The summed E-state index contributed by atoms with van der Waals surface area (Å²) in [5, 5.41) is 4.36. The van der Waals surface area contributed by atoms with Gasteiger partial charge in [0.2, 0.25) is 0 Å². The van der Waals surface area contributed by atoms with E-state index in [1.165, 1.54) is 96.3 Å². The van der Waals surface area contributed by atoms with Crippen LogP contribution in [0.4, 0.5) is 13.2 Å². The summed E-state index contributed by atoms with van der Waals surface area (Å²) in [7, 11) is -0.386. The predicted octanol–water partition coefficient (Wildman–Crippen LogP) is 8.86. The van der Waals surface area contributed by atoms with Crippen LogP contribution in [0, 0.1) is 0 Å². The molecule has 0 aliphatic heterocycles. The van der Waals surface area contributed by atoms with Crippen molar-refractivity contribution in [2.75, 3.05) is 7.05 Å². The van der Waals surface area contributed by atoms with E-state index in [2.05, 4.69) is 18.9 Å². The van der Waals surface area contributed by atoms with Gasteiger partial charge in [-0.15, -0.1) is 0 Å². The molecule has 2 nitrogen and oxygen atoms in total. The second-order valence-electron chi connectivity index (χ2n) is 10.8. The van der Waals surface area contributed by atoms with Crippen LogP contribution >= 0.6 is 19.4 Å². The van der Waals surface area contributed by atoms with Crippen LogP contribution in [0.3, 0.4) is 0 Å². The fraction of sp³-hybridized carbons (Fsp3) is 1.00. The molecule has 32 heavy (non-hydrogen) atoms. The summed E-state index contributed by atoms with van der Waals surface area (Å²) >= 11 is 0.0865. The molecule has 0 aromatic carbocycles. The van der Waals surface area contributed by atoms with Gasteiger partial charge < -0.3 is 0 Å². The van der Waals surface area contributed by atoms with Crippen LogP contribution in [0.1, 0.15) is 123 Å². The van der Waals surface area contributed by atoms with E-state index in [0.717, 1.165) is 29.8 Å². The zero-order valence-corrected chi connectivity index (χ0v) is 22.6. The van der Waals surface area contributed by atoms with Gasteiger partial charge in [0.05, 0.1) is 0 Å². The van der Waals surface area contributed by atoms with Crippen molar-refractivity contribution in [2.24, 2.45) is 0 Å². The van der Waals surface area contributed by atoms with Crippen molar-refractivity contribution in [1.82, 2.24) is 9.39 Å².